The molecule has 1 aromatic carbocycles. The van der Waals surface area contributed by atoms with E-state index in [0.29, 0.717) is 0 Å². The Bertz CT molecular complexity index is 385. The predicted molar refractivity (Wildman–Crippen MR) is 71.0 cm³/mol. The van der Waals surface area contributed by atoms with Gasteiger partial charge in [-0.05, 0) is 0 Å². The second kappa shape index (κ2) is 7.96. The zero-order valence-corrected chi connectivity index (χ0v) is 13.9. The normalized spacial score (nSPS) is 10.1. The maximum absolute atomic E-state index is 10.8. The predicted octanol–water partition coefficient (Wildman–Crippen LogP) is -0.433. The molecule has 6 heteroatoms. The number of methoxy groups -OCH3 is 1. The van der Waals surface area contributed by atoms with Gasteiger partial charge in [-0.15, -0.1) is 0 Å². The summed E-state index contributed by atoms with van der Waals surface area (Å²) in [7, 11) is 1.61. The van der Waals surface area contributed by atoms with Crippen molar-refractivity contribution in [3.8, 4) is 5.75 Å². The van der Waals surface area contributed by atoms with Gasteiger partial charge in [-0.3, -0.25) is 0 Å². The van der Waals surface area contributed by atoms with E-state index < -0.39 is 0 Å². The molecule has 0 spiro atoms. The fourth-order valence-corrected chi connectivity index (χ4v) is 2.81. The molecular weight excluding hydrogens is 448 g/mol. The molecule has 0 saturated heterocycles. The summed E-state index contributed by atoms with van der Waals surface area (Å²) in [5.74, 6) is 0.451. The minimum absolute atomic E-state index is 0.192. The van der Waals surface area contributed by atoms with E-state index in [-0.39, 0.29) is 29.8 Å². The number of ether oxygens (including phenoxy) is 2. The zero-order chi connectivity index (χ0) is 12.7. The van der Waals surface area contributed by atoms with Crippen LogP contribution < -0.4 is 27.3 Å². The summed E-state index contributed by atoms with van der Waals surface area (Å²) >= 11 is 2.61. The van der Waals surface area contributed by atoms with E-state index in [1.807, 2.05) is 18.2 Å². The molecule has 4 nitrogen and oxygen atoms in total. The number of carbonyl (C=O) groups is 1. The van der Waals surface area contributed by atoms with E-state index in [0.717, 1.165) is 21.6 Å². The van der Waals surface area contributed by atoms with Crippen LogP contribution in [0.3, 0.4) is 0 Å². The summed E-state index contributed by atoms with van der Waals surface area (Å²) in [6.07, 6.45) is 0. The van der Waals surface area contributed by atoms with Gasteiger partial charge >= 0.3 is 122 Å². The molecule has 96 valence electrons. The molecule has 1 N–H and O–H groups in total. The van der Waals surface area contributed by atoms with Crippen LogP contribution in [0.2, 0.25) is 0 Å². The first-order valence-corrected chi connectivity index (χ1v) is 12.7. The quantitative estimate of drug-likeness (QED) is 0.270. The molecule has 0 amide bonds. The Morgan fingerprint density at radius 1 is 1.53 bits per heavy atom. The Kier molecular flexibility index (Phi) is 6.93. The van der Waals surface area contributed by atoms with Gasteiger partial charge in [-0.1, -0.05) is 0 Å². The van der Waals surface area contributed by atoms with Gasteiger partial charge in [0.25, 0.3) is 0 Å². The first-order chi connectivity index (χ1) is 8.17. The van der Waals surface area contributed by atoms with E-state index in [1.54, 1.807) is 7.11 Å². The Balaban J connectivity index is 2.74. The Morgan fingerprint density at radius 2 is 2.29 bits per heavy atom. The summed E-state index contributed by atoms with van der Waals surface area (Å²) in [5, 5.41) is 3.31. The van der Waals surface area contributed by atoms with Crippen molar-refractivity contribution >= 4 is 30.3 Å². The molecule has 0 aromatic heterocycles. The van der Waals surface area contributed by atoms with Crippen LogP contribution in [0.15, 0.2) is 18.2 Å². The van der Waals surface area contributed by atoms with Crippen molar-refractivity contribution in [3.05, 3.63) is 23.8 Å². The monoisotopic (exact) mass is 462 g/mol. The van der Waals surface area contributed by atoms with Gasteiger partial charge < -0.3 is 0 Å². The number of rotatable bonds is 6. The number of hydrogen-bond donors (Lipinski definition) is 1. The number of benzene rings is 1. The third kappa shape index (κ3) is 5.28. The summed E-state index contributed by atoms with van der Waals surface area (Å²) < 4.78 is 11.3. The van der Waals surface area contributed by atoms with Crippen molar-refractivity contribution in [2.75, 3.05) is 17.0 Å². The number of hydrogen-bond acceptors (Lipinski definition) is 4. The molecule has 0 aliphatic rings. The van der Waals surface area contributed by atoms with Crippen molar-refractivity contribution < 1.29 is 31.5 Å². The van der Waals surface area contributed by atoms with Gasteiger partial charge in [0.05, 0.1) is 0 Å². The fourth-order valence-electron chi connectivity index (χ4n) is 1.26. The number of anilines is 1. The molecule has 0 aliphatic carbocycles. The van der Waals surface area contributed by atoms with Crippen LogP contribution in [-0.2, 0) is 16.1 Å². The number of esters is 1. The minimum atomic E-state index is -0.288. The van der Waals surface area contributed by atoms with Crippen molar-refractivity contribution in [1.82, 2.24) is 0 Å². The van der Waals surface area contributed by atoms with Gasteiger partial charge in [-0.25, -0.2) is 0 Å². The molecule has 0 heterocycles. The summed E-state index contributed by atoms with van der Waals surface area (Å²) in [5.41, 5.74) is 1.90. The van der Waals surface area contributed by atoms with Gasteiger partial charge in [0.2, 0.25) is 0 Å². The molecular formula is C11H14I2NO3-. The molecule has 1 rings (SSSR count). The zero-order valence-electron chi connectivity index (χ0n) is 9.63. The van der Waals surface area contributed by atoms with E-state index in [4.69, 9.17) is 9.47 Å². The first kappa shape index (κ1) is 14.8. The SMILES string of the molecule is COc1cc(NC[I-]I)ccc1COC(C)=O. The van der Waals surface area contributed by atoms with Crippen LogP contribution in [0, 0.1) is 0 Å². The van der Waals surface area contributed by atoms with Crippen molar-refractivity contribution in [2.24, 2.45) is 0 Å². The van der Waals surface area contributed by atoms with E-state index in [2.05, 4.69) is 23.9 Å². The number of carbonyl (C=O) groups excluding carboxylic acids is 1. The molecule has 0 aliphatic heterocycles. The van der Waals surface area contributed by atoms with Crippen LogP contribution in [0.5, 0.6) is 5.75 Å². The molecule has 0 saturated carbocycles. The first-order valence-electron chi connectivity index (χ1n) is 4.91. The van der Waals surface area contributed by atoms with Crippen LogP contribution >= 0.6 is 18.6 Å². The molecule has 0 atom stereocenters. The van der Waals surface area contributed by atoms with Crippen LogP contribution in [0.4, 0.5) is 5.69 Å². The van der Waals surface area contributed by atoms with Gasteiger partial charge in [-0.2, -0.15) is 0 Å². The van der Waals surface area contributed by atoms with Crippen LogP contribution in [0.25, 0.3) is 0 Å². The Labute approximate surface area is 121 Å². The van der Waals surface area contributed by atoms with Crippen LogP contribution in [-0.4, -0.2) is 17.6 Å². The summed E-state index contributed by atoms with van der Waals surface area (Å²) in [6.45, 7) is 1.64. The standard InChI is InChI=1S/C11H14I2NO3/c1-8(15)17-6-9-3-4-10(14-7-13-12)5-11(9)16-2/h3-5,14H,6-7H2,1-2H3/q-1. The average Bonchev–Trinajstić information content (AvgIpc) is 2.34. The van der Waals surface area contributed by atoms with Crippen molar-refractivity contribution in [1.29, 1.82) is 0 Å². The van der Waals surface area contributed by atoms with Gasteiger partial charge in [0.15, 0.2) is 0 Å². The molecule has 0 bridgehead atoms. The summed E-state index contributed by atoms with van der Waals surface area (Å²) in [6, 6.07) is 5.81. The topological polar surface area (TPSA) is 47.6 Å². The number of halogens is 2. The Morgan fingerprint density at radius 3 is 2.88 bits per heavy atom. The summed E-state index contributed by atoms with van der Waals surface area (Å²) in [4.78, 5) is 10.8. The Hall–Kier alpha value is -0.250. The number of nitrogens with one attached hydrogen (secondary N) is 1. The third-order valence-electron chi connectivity index (χ3n) is 2.04. The van der Waals surface area contributed by atoms with E-state index in [1.165, 1.54) is 6.92 Å². The second-order valence-electron chi connectivity index (χ2n) is 3.22. The van der Waals surface area contributed by atoms with Gasteiger partial charge in [0.1, 0.15) is 0 Å². The molecule has 0 unspecified atom stereocenters. The molecule has 0 fully saturated rings. The van der Waals surface area contributed by atoms with Gasteiger partial charge in [0, 0.05) is 0 Å². The molecule has 1 aromatic rings. The molecule has 17 heavy (non-hydrogen) atoms. The van der Waals surface area contributed by atoms with Crippen LogP contribution in [0.1, 0.15) is 12.5 Å². The van der Waals surface area contributed by atoms with Crippen molar-refractivity contribution in [2.45, 2.75) is 13.5 Å². The second-order valence-corrected chi connectivity index (χ2v) is 8.43. The maximum atomic E-state index is 10.8. The molecule has 0 radical (unpaired) electrons. The fraction of sp³-hybridized carbons (Fsp3) is 0.364. The number of alkyl halides is 1. The van der Waals surface area contributed by atoms with E-state index >= 15 is 0 Å². The van der Waals surface area contributed by atoms with E-state index in [9.17, 15) is 4.79 Å². The average molecular weight is 462 g/mol. The third-order valence-corrected chi connectivity index (χ3v) is 4.64. The van der Waals surface area contributed by atoms with Crippen molar-refractivity contribution in [3.63, 3.8) is 0 Å².